The number of nitrogens with one attached hydrogen (secondary N) is 1. The fourth-order valence-corrected chi connectivity index (χ4v) is 1.84. The maximum atomic E-state index is 10.8. The molecule has 0 spiro atoms. The number of aliphatic carboxylic acids is 1. The standard InChI is InChI=1S/C8H13BNO3/c11-5-9-10-7(8(12)13)6-3-1-2-4-6/h5-7,10H,1-4H2,(H,12,13)/t7-/m0/s1. The summed E-state index contributed by atoms with van der Waals surface area (Å²) in [6.45, 7) is 0. The summed E-state index contributed by atoms with van der Waals surface area (Å²) >= 11 is 0. The Morgan fingerprint density at radius 1 is 1.54 bits per heavy atom. The van der Waals surface area contributed by atoms with Crippen LogP contribution in [-0.4, -0.2) is 30.7 Å². The summed E-state index contributed by atoms with van der Waals surface area (Å²) in [5.41, 5.74) is 0. The molecular formula is C8H13BNO3. The Labute approximate surface area is 78.0 Å². The first-order chi connectivity index (χ1) is 6.25. The zero-order chi connectivity index (χ0) is 9.68. The minimum atomic E-state index is -0.870. The fourth-order valence-electron chi connectivity index (χ4n) is 1.84. The lowest BCUT2D eigenvalue weighted by Gasteiger charge is -2.18. The van der Waals surface area contributed by atoms with Crippen LogP contribution >= 0.6 is 0 Å². The minimum Gasteiger partial charge on any atom is -0.480 e. The van der Waals surface area contributed by atoms with Gasteiger partial charge in [-0.2, -0.15) is 0 Å². The van der Waals surface area contributed by atoms with Gasteiger partial charge in [-0.15, -0.1) is 0 Å². The predicted molar refractivity (Wildman–Crippen MR) is 49.0 cm³/mol. The van der Waals surface area contributed by atoms with Crippen LogP contribution in [0.15, 0.2) is 0 Å². The first-order valence-corrected chi connectivity index (χ1v) is 4.51. The Morgan fingerprint density at radius 2 is 2.15 bits per heavy atom. The van der Waals surface area contributed by atoms with E-state index < -0.39 is 12.0 Å². The molecule has 1 aliphatic rings. The van der Waals surface area contributed by atoms with E-state index >= 15 is 0 Å². The molecule has 4 nitrogen and oxygen atoms in total. The van der Waals surface area contributed by atoms with Crippen molar-refractivity contribution in [1.82, 2.24) is 5.23 Å². The smallest absolute Gasteiger partial charge is 0.319 e. The van der Waals surface area contributed by atoms with Gasteiger partial charge in [0.05, 0.1) is 12.2 Å². The van der Waals surface area contributed by atoms with Crippen molar-refractivity contribution in [3.05, 3.63) is 0 Å². The molecule has 0 heterocycles. The average molecular weight is 182 g/mol. The summed E-state index contributed by atoms with van der Waals surface area (Å²) in [5, 5.41) is 11.5. The van der Waals surface area contributed by atoms with E-state index in [0.717, 1.165) is 33.1 Å². The predicted octanol–water partition coefficient (Wildman–Crippen LogP) is 0.0288. The van der Waals surface area contributed by atoms with Crippen LogP contribution in [0.25, 0.3) is 0 Å². The number of carbonyl (C=O) groups is 2. The first-order valence-electron chi connectivity index (χ1n) is 4.51. The Kier molecular flexibility index (Phi) is 3.95. The van der Waals surface area contributed by atoms with Crippen LogP contribution in [-0.2, 0) is 9.59 Å². The lowest BCUT2D eigenvalue weighted by molar-refractivity contribution is -0.140. The van der Waals surface area contributed by atoms with Crippen LogP contribution in [0.5, 0.6) is 0 Å². The van der Waals surface area contributed by atoms with Gasteiger partial charge in [0.1, 0.15) is 0 Å². The number of hydrogen-bond acceptors (Lipinski definition) is 3. The normalized spacial score (nSPS) is 19.7. The van der Waals surface area contributed by atoms with Gasteiger partial charge in [0, 0.05) is 0 Å². The molecule has 0 aromatic heterocycles. The highest BCUT2D eigenvalue weighted by Gasteiger charge is 2.29. The van der Waals surface area contributed by atoms with Crippen molar-refractivity contribution in [2.75, 3.05) is 0 Å². The van der Waals surface area contributed by atoms with Gasteiger partial charge in [-0.25, -0.2) is 0 Å². The molecule has 0 unspecified atom stereocenters. The number of hydrogen-bond donors (Lipinski definition) is 2. The van der Waals surface area contributed by atoms with E-state index in [1.807, 2.05) is 0 Å². The quantitative estimate of drug-likeness (QED) is 0.464. The van der Waals surface area contributed by atoms with Crippen LogP contribution in [0.2, 0.25) is 0 Å². The fraction of sp³-hybridized carbons (Fsp3) is 0.750. The number of rotatable bonds is 5. The Bertz CT molecular complexity index is 192. The molecule has 1 atom stereocenters. The SMILES string of the molecule is O=C[B]N[C@H](C(=O)O)C1CCCC1. The molecule has 0 aromatic rings. The highest BCUT2D eigenvalue weighted by Crippen LogP contribution is 2.27. The molecule has 1 radical (unpaired) electrons. The maximum absolute atomic E-state index is 10.8. The molecule has 1 rings (SSSR count). The van der Waals surface area contributed by atoms with E-state index in [1.165, 1.54) is 0 Å². The summed E-state index contributed by atoms with van der Waals surface area (Å²) in [5.74, 6) is -0.696. The van der Waals surface area contributed by atoms with Crippen LogP contribution in [0.3, 0.4) is 0 Å². The van der Waals surface area contributed by atoms with Crippen LogP contribution < -0.4 is 5.23 Å². The molecule has 1 fully saturated rings. The molecule has 1 aliphatic carbocycles. The van der Waals surface area contributed by atoms with Gasteiger partial charge in [-0.3, -0.25) is 4.79 Å². The van der Waals surface area contributed by atoms with Crippen molar-refractivity contribution in [2.45, 2.75) is 31.7 Å². The second kappa shape index (κ2) is 5.02. The van der Waals surface area contributed by atoms with Crippen molar-refractivity contribution >= 4 is 19.6 Å². The second-order valence-corrected chi connectivity index (χ2v) is 3.33. The average Bonchev–Trinajstić information content (AvgIpc) is 2.57. The second-order valence-electron chi connectivity index (χ2n) is 3.33. The van der Waals surface area contributed by atoms with Gasteiger partial charge in [0.2, 0.25) is 0 Å². The highest BCUT2D eigenvalue weighted by molar-refractivity contribution is 6.64. The lowest BCUT2D eigenvalue weighted by atomic mass is 9.90. The van der Waals surface area contributed by atoms with Crippen LogP contribution in [0.1, 0.15) is 25.7 Å². The number of carboxylic acid groups (broad SMARTS) is 1. The third-order valence-electron chi connectivity index (χ3n) is 2.48. The molecule has 0 saturated heterocycles. The molecule has 71 valence electrons. The third-order valence-corrected chi connectivity index (χ3v) is 2.48. The summed E-state index contributed by atoms with van der Waals surface area (Å²) in [4.78, 5) is 20.8. The van der Waals surface area contributed by atoms with Crippen molar-refractivity contribution in [3.63, 3.8) is 0 Å². The van der Waals surface area contributed by atoms with E-state index in [4.69, 9.17) is 5.11 Å². The van der Waals surface area contributed by atoms with Gasteiger partial charge < -0.3 is 15.1 Å². The topological polar surface area (TPSA) is 66.4 Å². The van der Waals surface area contributed by atoms with Gasteiger partial charge in [-0.1, -0.05) is 12.8 Å². The monoisotopic (exact) mass is 182 g/mol. The van der Waals surface area contributed by atoms with Crippen molar-refractivity contribution in [2.24, 2.45) is 5.92 Å². The maximum Gasteiger partial charge on any atom is 0.319 e. The van der Waals surface area contributed by atoms with E-state index in [-0.39, 0.29) is 5.92 Å². The zero-order valence-electron chi connectivity index (χ0n) is 7.40. The van der Waals surface area contributed by atoms with Gasteiger partial charge in [-0.05, 0) is 18.8 Å². The zero-order valence-corrected chi connectivity index (χ0v) is 7.40. The first kappa shape index (κ1) is 10.2. The summed E-state index contributed by atoms with van der Waals surface area (Å²) < 4.78 is 0. The molecule has 2 N–H and O–H groups in total. The molecule has 0 aliphatic heterocycles. The van der Waals surface area contributed by atoms with Gasteiger partial charge in [0.25, 0.3) is 7.41 Å². The summed E-state index contributed by atoms with van der Waals surface area (Å²) in [6.07, 6.45) is 4.65. The summed E-state index contributed by atoms with van der Waals surface area (Å²) in [6, 6.07) is -0.590. The highest BCUT2D eigenvalue weighted by atomic mass is 16.4. The van der Waals surface area contributed by atoms with Crippen LogP contribution in [0, 0.1) is 5.92 Å². The number of carboxylic acids is 1. The molecule has 0 amide bonds. The minimum absolute atomic E-state index is 0.175. The van der Waals surface area contributed by atoms with E-state index in [9.17, 15) is 9.59 Å². The van der Waals surface area contributed by atoms with Crippen molar-refractivity contribution in [1.29, 1.82) is 0 Å². The van der Waals surface area contributed by atoms with E-state index in [2.05, 4.69) is 5.23 Å². The molecule has 0 bridgehead atoms. The molecule has 13 heavy (non-hydrogen) atoms. The molecule has 0 aromatic carbocycles. The Morgan fingerprint density at radius 3 is 2.62 bits per heavy atom. The Hall–Kier alpha value is -0.835. The summed E-state index contributed by atoms with van der Waals surface area (Å²) in [7, 11) is 1.16. The number of carbonyl (C=O) groups excluding carboxylic acids is 1. The van der Waals surface area contributed by atoms with Crippen molar-refractivity contribution < 1.29 is 14.7 Å². The third kappa shape index (κ3) is 2.84. The largest absolute Gasteiger partial charge is 0.480 e. The van der Waals surface area contributed by atoms with Crippen LogP contribution in [0.4, 0.5) is 0 Å². The van der Waals surface area contributed by atoms with Crippen molar-refractivity contribution in [3.8, 4) is 0 Å². The molecule has 1 saturated carbocycles. The van der Waals surface area contributed by atoms with E-state index in [1.54, 1.807) is 0 Å². The molecule has 5 heteroatoms. The van der Waals surface area contributed by atoms with Gasteiger partial charge >= 0.3 is 5.97 Å². The van der Waals surface area contributed by atoms with E-state index in [0.29, 0.717) is 6.19 Å². The Balaban J connectivity index is 2.45. The lowest BCUT2D eigenvalue weighted by Crippen LogP contribution is -2.44. The van der Waals surface area contributed by atoms with Gasteiger partial charge in [0.15, 0.2) is 0 Å². The molecular weight excluding hydrogens is 169 g/mol.